The molecule has 0 unspecified atom stereocenters. The monoisotopic (exact) mass is 457 g/mol. The fraction of sp³-hybridized carbons (Fsp3) is 0.364. The predicted molar refractivity (Wildman–Crippen MR) is 123 cm³/mol. The SMILES string of the molecule is CCn1c(=O)n(CC(=O)Nc2ccc(S(=O)(=O)N3CCN(C)CC3)cc2)c2ccccc21. The van der Waals surface area contributed by atoms with Gasteiger partial charge in [0, 0.05) is 38.4 Å². The third-order valence-corrected chi connectivity index (χ3v) is 7.69. The lowest BCUT2D eigenvalue weighted by Crippen LogP contribution is -2.46. The van der Waals surface area contributed by atoms with Crippen LogP contribution in [-0.4, -0.2) is 65.9 Å². The Morgan fingerprint density at radius 2 is 1.53 bits per heavy atom. The van der Waals surface area contributed by atoms with Crippen molar-refractivity contribution in [2.75, 3.05) is 38.5 Å². The van der Waals surface area contributed by atoms with Gasteiger partial charge in [-0.05, 0) is 50.4 Å². The molecule has 1 aliphatic heterocycles. The molecule has 0 spiro atoms. The van der Waals surface area contributed by atoms with Gasteiger partial charge in [0.1, 0.15) is 6.54 Å². The molecule has 1 aliphatic rings. The topological polar surface area (TPSA) is 96.6 Å². The van der Waals surface area contributed by atoms with E-state index in [1.165, 1.54) is 21.0 Å². The zero-order valence-corrected chi connectivity index (χ0v) is 19.0. The number of rotatable bonds is 6. The van der Waals surface area contributed by atoms with Crippen LogP contribution in [0.25, 0.3) is 11.0 Å². The second-order valence-electron chi connectivity index (χ2n) is 7.88. The van der Waals surface area contributed by atoms with Gasteiger partial charge in [-0.1, -0.05) is 12.1 Å². The van der Waals surface area contributed by atoms with Crippen molar-refractivity contribution in [1.29, 1.82) is 0 Å². The third kappa shape index (κ3) is 4.21. The average molecular weight is 458 g/mol. The first-order valence-corrected chi connectivity index (χ1v) is 12.0. The number of sulfonamides is 1. The van der Waals surface area contributed by atoms with E-state index in [1.54, 1.807) is 16.7 Å². The molecule has 1 saturated heterocycles. The Labute approximate surface area is 186 Å². The van der Waals surface area contributed by atoms with Gasteiger partial charge >= 0.3 is 5.69 Å². The number of piperazine rings is 1. The van der Waals surface area contributed by atoms with Gasteiger partial charge in [0.15, 0.2) is 0 Å². The molecule has 1 amide bonds. The molecule has 32 heavy (non-hydrogen) atoms. The summed E-state index contributed by atoms with van der Waals surface area (Å²) in [7, 11) is -1.60. The van der Waals surface area contributed by atoms with E-state index in [0.717, 1.165) is 5.52 Å². The van der Waals surface area contributed by atoms with Crippen LogP contribution in [-0.2, 0) is 27.9 Å². The first-order chi connectivity index (χ1) is 15.3. The smallest absolute Gasteiger partial charge is 0.325 e. The minimum absolute atomic E-state index is 0.131. The highest BCUT2D eigenvalue weighted by Crippen LogP contribution is 2.20. The van der Waals surface area contributed by atoms with Gasteiger partial charge in [-0.2, -0.15) is 4.31 Å². The van der Waals surface area contributed by atoms with E-state index in [4.69, 9.17) is 0 Å². The number of nitrogens with one attached hydrogen (secondary N) is 1. The summed E-state index contributed by atoms with van der Waals surface area (Å²) in [6, 6.07) is 13.5. The molecule has 1 fully saturated rings. The van der Waals surface area contributed by atoms with Crippen LogP contribution in [0, 0.1) is 0 Å². The minimum Gasteiger partial charge on any atom is -0.325 e. The van der Waals surface area contributed by atoms with Crippen molar-refractivity contribution in [3.8, 4) is 0 Å². The van der Waals surface area contributed by atoms with Crippen molar-refractivity contribution >= 4 is 32.7 Å². The van der Waals surface area contributed by atoms with Gasteiger partial charge in [-0.3, -0.25) is 13.9 Å². The van der Waals surface area contributed by atoms with Crippen molar-refractivity contribution in [3.05, 3.63) is 59.0 Å². The number of hydrogen-bond donors (Lipinski definition) is 1. The summed E-state index contributed by atoms with van der Waals surface area (Å²) in [6.45, 7) is 4.57. The normalized spacial score (nSPS) is 15.8. The van der Waals surface area contributed by atoms with E-state index in [-0.39, 0.29) is 23.0 Å². The van der Waals surface area contributed by atoms with Crippen LogP contribution in [0.3, 0.4) is 0 Å². The Balaban J connectivity index is 1.48. The Morgan fingerprint density at radius 3 is 2.12 bits per heavy atom. The number of carbonyl (C=O) groups is 1. The highest BCUT2D eigenvalue weighted by atomic mass is 32.2. The number of fused-ring (bicyclic) bond motifs is 1. The van der Waals surface area contributed by atoms with Crippen LogP contribution in [0.1, 0.15) is 6.92 Å². The summed E-state index contributed by atoms with van der Waals surface area (Å²) < 4.78 is 30.2. The van der Waals surface area contributed by atoms with E-state index in [0.29, 0.717) is 43.9 Å². The second-order valence-corrected chi connectivity index (χ2v) is 9.82. The lowest BCUT2D eigenvalue weighted by atomic mass is 10.3. The van der Waals surface area contributed by atoms with E-state index in [1.807, 2.05) is 38.2 Å². The molecule has 0 aliphatic carbocycles. The summed E-state index contributed by atoms with van der Waals surface area (Å²) in [4.78, 5) is 27.6. The van der Waals surface area contributed by atoms with E-state index in [2.05, 4.69) is 10.2 Å². The first kappa shape index (κ1) is 22.3. The molecular weight excluding hydrogens is 430 g/mol. The maximum absolute atomic E-state index is 12.8. The maximum Gasteiger partial charge on any atom is 0.329 e. The molecule has 0 radical (unpaired) electrons. The molecule has 3 aromatic rings. The zero-order valence-electron chi connectivity index (χ0n) is 18.2. The van der Waals surface area contributed by atoms with Gasteiger partial charge in [0.05, 0.1) is 15.9 Å². The Bertz CT molecular complexity index is 1290. The lowest BCUT2D eigenvalue weighted by Gasteiger charge is -2.31. The van der Waals surface area contributed by atoms with Crippen LogP contribution >= 0.6 is 0 Å². The summed E-state index contributed by atoms with van der Waals surface area (Å²) in [5.41, 5.74) is 1.71. The number of imidazole rings is 1. The minimum atomic E-state index is -3.56. The number of benzene rings is 2. The number of amides is 1. The Morgan fingerprint density at radius 1 is 0.938 bits per heavy atom. The van der Waals surface area contributed by atoms with Gasteiger partial charge in [0.25, 0.3) is 0 Å². The van der Waals surface area contributed by atoms with Crippen LogP contribution in [0.4, 0.5) is 5.69 Å². The zero-order chi connectivity index (χ0) is 22.9. The number of nitrogens with zero attached hydrogens (tertiary/aromatic N) is 4. The summed E-state index contributed by atoms with van der Waals surface area (Å²) in [5.74, 6) is -0.360. The van der Waals surface area contributed by atoms with Crippen LogP contribution < -0.4 is 11.0 Å². The number of carbonyl (C=O) groups excluding carboxylic acids is 1. The fourth-order valence-electron chi connectivity index (χ4n) is 3.96. The van der Waals surface area contributed by atoms with Crippen LogP contribution in [0.15, 0.2) is 58.2 Å². The molecule has 1 N–H and O–H groups in total. The highest BCUT2D eigenvalue weighted by molar-refractivity contribution is 7.89. The van der Waals surface area contributed by atoms with Gasteiger partial charge in [-0.15, -0.1) is 0 Å². The summed E-state index contributed by atoms with van der Waals surface area (Å²) in [6.07, 6.45) is 0. The van der Waals surface area contributed by atoms with Crippen molar-refractivity contribution in [1.82, 2.24) is 18.3 Å². The van der Waals surface area contributed by atoms with E-state index in [9.17, 15) is 18.0 Å². The Hall–Kier alpha value is -2.95. The number of hydrogen-bond acceptors (Lipinski definition) is 5. The summed E-state index contributed by atoms with van der Waals surface area (Å²) in [5, 5.41) is 2.75. The van der Waals surface area contributed by atoms with Crippen molar-refractivity contribution < 1.29 is 13.2 Å². The number of likely N-dealkylation sites (N-methyl/N-ethyl adjacent to an activating group) is 1. The van der Waals surface area contributed by atoms with Crippen molar-refractivity contribution in [2.45, 2.75) is 24.9 Å². The fourth-order valence-corrected chi connectivity index (χ4v) is 5.38. The van der Waals surface area contributed by atoms with Gasteiger partial charge in [0.2, 0.25) is 15.9 Å². The lowest BCUT2D eigenvalue weighted by molar-refractivity contribution is -0.116. The van der Waals surface area contributed by atoms with E-state index < -0.39 is 10.0 Å². The second kappa shape index (κ2) is 8.89. The third-order valence-electron chi connectivity index (χ3n) is 5.78. The molecule has 0 saturated carbocycles. The average Bonchev–Trinajstić information content (AvgIpc) is 3.05. The molecule has 2 aromatic carbocycles. The molecule has 4 rings (SSSR count). The van der Waals surface area contributed by atoms with Crippen molar-refractivity contribution in [3.63, 3.8) is 0 Å². The van der Waals surface area contributed by atoms with Crippen LogP contribution in [0.2, 0.25) is 0 Å². The first-order valence-electron chi connectivity index (χ1n) is 10.6. The molecule has 0 bridgehead atoms. The number of para-hydroxylation sites is 2. The standard InChI is InChI=1S/C22H27N5O4S/c1-3-26-19-6-4-5-7-20(19)27(22(26)29)16-21(28)23-17-8-10-18(11-9-17)32(30,31)25-14-12-24(2)13-15-25/h4-11H,3,12-16H2,1-2H3,(H,23,28). The molecule has 0 atom stereocenters. The molecule has 9 nitrogen and oxygen atoms in total. The maximum atomic E-state index is 12.8. The Kier molecular flexibility index (Phi) is 6.18. The molecule has 2 heterocycles. The van der Waals surface area contributed by atoms with Gasteiger partial charge in [-0.25, -0.2) is 13.2 Å². The number of anilines is 1. The quantitative estimate of drug-likeness (QED) is 0.604. The largest absolute Gasteiger partial charge is 0.329 e. The number of aromatic nitrogens is 2. The summed E-state index contributed by atoms with van der Waals surface area (Å²) >= 11 is 0. The molecular formula is C22H27N5O4S. The van der Waals surface area contributed by atoms with Gasteiger partial charge < -0.3 is 10.2 Å². The van der Waals surface area contributed by atoms with Crippen molar-refractivity contribution in [2.24, 2.45) is 0 Å². The molecule has 170 valence electrons. The highest BCUT2D eigenvalue weighted by Gasteiger charge is 2.27. The molecule has 1 aromatic heterocycles. The van der Waals surface area contributed by atoms with Crippen LogP contribution in [0.5, 0.6) is 0 Å². The molecule has 10 heteroatoms. The number of aryl methyl sites for hydroxylation is 1. The van der Waals surface area contributed by atoms with E-state index >= 15 is 0 Å². The predicted octanol–water partition coefficient (Wildman–Crippen LogP) is 1.40.